The van der Waals surface area contributed by atoms with Gasteiger partial charge >= 0.3 is 0 Å². The van der Waals surface area contributed by atoms with Crippen LogP contribution in [-0.4, -0.2) is 21.5 Å². The highest BCUT2D eigenvalue weighted by molar-refractivity contribution is 6.30. The van der Waals surface area contributed by atoms with Gasteiger partial charge in [0.1, 0.15) is 5.82 Å². The van der Waals surface area contributed by atoms with E-state index >= 15 is 0 Å². The maximum absolute atomic E-state index is 12.5. The average molecular weight is 533 g/mol. The molecule has 3 N–H and O–H groups in total. The summed E-state index contributed by atoms with van der Waals surface area (Å²) in [6.07, 6.45) is 10.4. The van der Waals surface area contributed by atoms with Crippen LogP contribution in [0.4, 0.5) is 11.4 Å². The number of rotatable bonds is 5. The summed E-state index contributed by atoms with van der Waals surface area (Å²) >= 11 is 0. The van der Waals surface area contributed by atoms with Gasteiger partial charge in [-0.15, -0.1) is 0 Å². The van der Waals surface area contributed by atoms with E-state index in [2.05, 4.69) is 15.6 Å². The van der Waals surface area contributed by atoms with Crippen LogP contribution in [0.3, 0.4) is 0 Å². The maximum atomic E-state index is 12.5. The molecule has 7 rings (SSSR count). The summed E-state index contributed by atoms with van der Waals surface area (Å²) in [5.41, 5.74) is 9.53. The second kappa shape index (κ2) is 10.1. The van der Waals surface area contributed by atoms with Gasteiger partial charge in [0.25, 0.3) is 0 Å². The van der Waals surface area contributed by atoms with E-state index in [1.165, 1.54) is 0 Å². The second-order valence-corrected chi connectivity index (χ2v) is 9.87. The van der Waals surface area contributed by atoms with Gasteiger partial charge in [0.2, 0.25) is 0 Å². The predicted octanol–water partition coefficient (Wildman–Crippen LogP) is 7.33. The Bertz CT molecular complexity index is 1970. The number of nitrogens with zero attached hydrogens (tertiary/aromatic N) is 1. The van der Waals surface area contributed by atoms with Crippen LogP contribution < -0.4 is 10.6 Å². The van der Waals surface area contributed by atoms with Gasteiger partial charge in [-0.3, -0.25) is 9.59 Å². The first kappa shape index (κ1) is 24.3. The fourth-order valence-electron chi connectivity index (χ4n) is 5.12. The highest BCUT2D eigenvalue weighted by Crippen LogP contribution is 2.29. The van der Waals surface area contributed by atoms with Gasteiger partial charge in [-0.1, -0.05) is 60.7 Å². The predicted molar refractivity (Wildman–Crippen MR) is 166 cm³/mol. The highest BCUT2D eigenvalue weighted by atomic mass is 16.1. The van der Waals surface area contributed by atoms with Gasteiger partial charge in [0.15, 0.2) is 11.6 Å². The number of allylic oxidation sites excluding steroid dienone is 4. The van der Waals surface area contributed by atoms with Crippen molar-refractivity contribution in [2.24, 2.45) is 0 Å². The van der Waals surface area contributed by atoms with E-state index in [0.717, 1.165) is 56.0 Å². The van der Waals surface area contributed by atoms with Gasteiger partial charge in [0.05, 0.1) is 11.0 Å². The zero-order chi connectivity index (χ0) is 27.8. The van der Waals surface area contributed by atoms with Gasteiger partial charge in [-0.05, 0) is 76.9 Å². The van der Waals surface area contributed by atoms with Gasteiger partial charge < -0.3 is 15.6 Å². The van der Waals surface area contributed by atoms with Crippen LogP contribution in [0.5, 0.6) is 0 Å². The molecule has 0 fully saturated rings. The Morgan fingerprint density at radius 1 is 0.610 bits per heavy atom. The third-order valence-electron chi connectivity index (χ3n) is 7.27. The lowest BCUT2D eigenvalue weighted by atomic mass is 9.92. The molecular weight excluding hydrogens is 508 g/mol. The Morgan fingerprint density at radius 3 is 1.80 bits per heavy atom. The Morgan fingerprint density at radius 2 is 1.17 bits per heavy atom. The number of aromatic amines is 1. The van der Waals surface area contributed by atoms with E-state index in [9.17, 15) is 9.59 Å². The standard InChI is InChI=1S/C35H24N4O2/c40-33-17-11-22-5-1-3-7-27(22)29(33)20-36-25-13-9-24(10-14-25)35-38-31-16-15-26(19-32(31)39-35)37-21-30-28-8-4-2-6-23(28)12-18-34(30)41/h1-21,36-37H,(H,38,39). The van der Waals surface area contributed by atoms with Gasteiger partial charge in [-0.25, -0.2) is 4.98 Å². The number of hydrogen-bond acceptors (Lipinski definition) is 5. The number of fused-ring (bicyclic) bond motifs is 3. The van der Waals surface area contributed by atoms with Crippen molar-refractivity contribution in [1.82, 2.24) is 9.97 Å². The van der Waals surface area contributed by atoms with Crippen LogP contribution in [0.25, 0.3) is 45.7 Å². The largest absolute Gasteiger partial charge is 0.361 e. The lowest BCUT2D eigenvalue weighted by Crippen LogP contribution is -2.06. The van der Waals surface area contributed by atoms with E-state index in [1.54, 1.807) is 24.6 Å². The molecule has 0 spiro atoms. The van der Waals surface area contributed by atoms with Crippen LogP contribution in [0.2, 0.25) is 0 Å². The SMILES string of the molecule is O=C1C=Cc2ccccc2C1=CNc1ccc(-c2nc3ccc(NC=C4C(=O)C=Cc5ccccc54)cc3[nH]2)cc1. The van der Waals surface area contributed by atoms with Crippen molar-refractivity contribution in [3.8, 4) is 11.4 Å². The van der Waals surface area contributed by atoms with Crippen molar-refractivity contribution in [3.05, 3.63) is 138 Å². The number of nitrogens with one attached hydrogen (secondary N) is 3. The van der Waals surface area contributed by atoms with E-state index in [1.807, 2.05) is 103 Å². The summed E-state index contributed by atoms with van der Waals surface area (Å²) in [4.78, 5) is 33.2. The summed E-state index contributed by atoms with van der Waals surface area (Å²) in [6, 6.07) is 29.5. The number of imidazole rings is 1. The minimum Gasteiger partial charge on any atom is -0.361 e. The molecule has 6 heteroatoms. The Kier molecular flexibility index (Phi) is 5.98. The van der Waals surface area contributed by atoms with Crippen LogP contribution in [0.15, 0.2) is 116 Å². The molecule has 0 aliphatic heterocycles. The summed E-state index contributed by atoms with van der Waals surface area (Å²) in [5.74, 6) is 0.706. The molecule has 0 amide bonds. The third-order valence-corrected chi connectivity index (χ3v) is 7.27. The quantitative estimate of drug-likeness (QED) is 0.206. The van der Waals surface area contributed by atoms with E-state index < -0.39 is 0 Å². The summed E-state index contributed by atoms with van der Waals surface area (Å²) in [7, 11) is 0. The molecule has 0 radical (unpaired) electrons. The summed E-state index contributed by atoms with van der Waals surface area (Å²) in [6.45, 7) is 0. The topological polar surface area (TPSA) is 86.9 Å². The number of ketones is 2. The Hall–Kier alpha value is -5.75. The molecule has 6 nitrogen and oxygen atoms in total. The van der Waals surface area contributed by atoms with E-state index in [0.29, 0.717) is 11.1 Å². The van der Waals surface area contributed by atoms with Crippen LogP contribution in [0.1, 0.15) is 22.3 Å². The van der Waals surface area contributed by atoms with Crippen molar-refractivity contribution in [3.63, 3.8) is 0 Å². The third kappa shape index (κ3) is 4.68. The molecule has 0 bridgehead atoms. The zero-order valence-electron chi connectivity index (χ0n) is 21.9. The lowest BCUT2D eigenvalue weighted by molar-refractivity contribution is -0.110. The smallest absolute Gasteiger partial charge is 0.187 e. The first-order valence-electron chi connectivity index (χ1n) is 13.3. The van der Waals surface area contributed by atoms with Crippen molar-refractivity contribution in [1.29, 1.82) is 0 Å². The molecule has 4 aromatic carbocycles. The van der Waals surface area contributed by atoms with Crippen LogP contribution in [0, 0.1) is 0 Å². The van der Waals surface area contributed by atoms with Crippen molar-refractivity contribution in [2.45, 2.75) is 0 Å². The van der Waals surface area contributed by atoms with Crippen molar-refractivity contribution in [2.75, 3.05) is 10.6 Å². The minimum absolute atomic E-state index is 0.0212. The first-order valence-corrected chi connectivity index (χ1v) is 13.3. The molecule has 41 heavy (non-hydrogen) atoms. The minimum atomic E-state index is -0.0257. The molecule has 0 saturated carbocycles. The van der Waals surface area contributed by atoms with E-state index in [-0.39, 0.29) is 11.6 Å². The molecule has 1 heterocycles. The lowest BCUT2D eigenvalue weighted by Gasteiger charge is -2.13. The summed E-state index contributed by atoms with van der Waals surface area (Å²) < 4.78 is 0. The Labute approximate surface area is 236 Å². The average Bonchev–Trinajstić information content (AvgIpc) is 3.44. The fraction of sp³-hybridized carbons (Fsp3) is 0. The van der Waals surface area contributed by atoms with Crippen molar-refractivity contribution >= 4 is 57.3 Å². The van der Waals surface area contributed by atoms with Crippen LogP contribution in [-0.2, 0) is 9.59 Å². The van der Waals surface area contributed by atoms with Crippen LogP contribution >= 0.6 is 0 Å². The number of carbonyl (C=O) groups excluding carboxylic acids is 2. The molecule has 196 valence electrons. The molecule has 5 aromatic rings. The normalized spacial score (nSPS) is 15.8. The number of hydrogen-bond donors (Lipinski definition) is 3. The van der Waals surface area contributed by atoms with Gasteiger partial charge in [0, 0.05) is 40.5 Å². The number of aromatic nitrogens is 2. The molecule has 0 saturated heterocycles. The maximum Gasteiger partial charge on any atom is 0.187 e. The second-order valence-electron chi connectivity index (χ2n) is 9.87. The molecular formula is C35H24N4O2. The monoisotopic (exact) mass is 532 g/mol. The number of anilines is 2. The first-order chi connectivity index (χ1) is 20.1. The number of carbonyl (C=O) groups is 2. The summed E-state index contributed by atoms with van der Waals surface area (Å²) in [5, 5.41) is 6.54. The fourth-order valence-corrected chi connectivity index (χ4v) is 5.12. The zero-order valence-corrected chi connectivity index (χ0v) is 21.9. The Balaban J connectivity index is 1.09. The molecule has 2 aliphatic rings. The van der Waals surface area contributed by atoms with E-state index in [4.69, 9.17) is 4.98 Å². The number of benzene rings is 4. The molecule has 2 aliphatic carbocycles. The highest BCUT2D eigenvalue weighted by Gasteiger charge is 2.17. The molecule has 0 atom stereocenters. The van der Waals surface area contributed by atoms with Crippen molar-refractivity contribution < 1.29 is 9.59 Å². The molecule has 1 aromatic heterocycles. The van der Waals surface area contributed by atoms with Gasteiger partial charge in [-0.2, -0.15) is 0 Å². The molecule has 0 unspecified atom stereocenters. The number of H-pyrrole nitrogens is 1.